The van der Waals surface area contributed by atoms with Crippen molar-refractivity contribution in [3.05, 3.63) is 23.9 Å². The van der Waals surface area contributed by atoms with E-state index in [0.29, 0.717) is 18.6 Å². The summed E-state index contributed by atoms with van der Waals surface area (Å²) in [4.78, 5) is 4.27. The SMILES string of the molecule is CCCNC(C)c1ccnc(OCC2CCOC2)c1. The number of rotatable bonds is 7. The van der Waals surface area contributed by atoms with E-state index in [1.807, 2.05) is 18.3 Å². The lowest BCUT2D eigenvalue weighted by molar-refractivity contribution is 0.165. The summed E-state index contributed by atoms with van der Waals surface area (Å²) < 4.78 is 11.1. The van der Waals surface area contributed by atoms with Gasteiger partial charge in [0.15, 0.2) is 0 Å². The second-order valence-corrected chi connectivity index (χ2v) is 5.14. The van der Waals surface area contributed by atoms with Crippen LogP contribution in [0.4, 0.5) is 0 Å². The first-order chi connectivity index (χ1) is 9.29. The molecular weight excluding hydrogens is 240 g/mol. The minimum absolute atomic E-state index is 0.333. The lowest BCUT2D eigenvalue weighted by atomic mass is 10.1. The molecule has 1 aliphatic heterocycles. The monoisotopic (exact) mass is 264 g/mol. The first-order valence-corrected chi connectivity index (χ1v) is 7.19. The van der Waals surface area contributed by atoms with Crippen molar-refractivity contribution < 1.29 is 9.47 Å². The molecule has 0 radical (unpaired) electrons. The fourth-order valence-corrected chi connectivity index (χ4v) is 2.17. The second-order valence-electron chi connectivity index (χ2n) is 5.14. The summed E-state index contributed by atoms with van der Waals surface area (Å²) in [5.41, 5.74) is 1.22. The van der Waals surface area contributed by atoms with E-state index in [0.717, 1.165) is 38.5 Å². The van der Waals surface area contributed by atoms with Crippen LogP contribution in [0.25, 0.3) is 0 Å². The Bertz CT molecular complexity index is 378. The summed E-state index contributed by atoms with van der Waals surface area (Å²) in [5, 5.41) is 3.47. The Balaban J connectivity index is 1.86. The number of pyridine rings is 1. The summed E-state index contributed by atoms with van der Waals surface area (Å²) in [7, 11) is 0. The zero-order valence-electron chi connectivity index (χ0n) is 11.9. The first kappa shape index (κ1) is 14.3. The Morgan fingerprint density at radius 3 is 3.21 bits per heavy atom. The van der Waals surface area contributed by atoms with Crippen molar-refractivity contribution in [2.45, 2.75) is 32.7 Å². The van der Waals surface area contributed by atoms with E-state index in [4.69, 9.17) is 9.47 Å². The Morgan fingerprint density at radius 1 is 1.58 bits per heavy atom. The maximum absolute atomic E-state index is 5.77. The molecule has 1 N–H and O–H groups in total. The predicted octanol–water partition coefficient (Wildman–Crippen LogP) is 2.56. The van der Waals surface area contributed by atoms with Crippen LogP contribution < -0.4 is 10.1 Å². The topological polar surface area (TPSA) is 43.4 Å². The zero-order chi connectivity index (χ0) is 13.5. The van der Waals surface area contributed by atoms with Gasteiger partial charge in [-0.25, -0.2) is 4.98 Å². The fraction of sp³-hybridized carbons (Fsp3) is 0.667. The molecule has 1 saturated heterocycles. The summed E-state index contributed by atoms with van der Waals surface area (Å²) >= 11 is 0. The van der Waals surface area contributed by atoms with E-state index in [1.54, 1.807) is 0 Å². The highest BCUT2D eigenvalue weighted by Crippen LogP contribution is 2.18. The van der Waals surface area contributed by atoms with E-state index in [1.165, 1.54) is 5.56 Å². The molecule has 0 bridgehead atoms. The predicted molar refractivity (Wildman–Crippen MR) is 75.4 cm³/mol. The fourth-order valence-electron chi connectivity index (χ4n) is 2.17. The molecule has 0 spiro atoms. The molecule has 0 amide bonds. The first-order valence-electron chi connectivity index (χ1n) is 7.19. The third-order valence-electron chi connectivity index (χ3n) is 3.45. The molecule has 4 heteroatoms. The molecular formula is C15H24N2O2. The van der Waals surface area contributed by atoms with Crippen molar-refractivity contribution in [1.29, 1.82) is 0 Å². The molecule has 0 aromatic carbocycles. The third-order valence-corrected chi connectivity index (χ3v) is 3.45. The minimum atomic E-state index is 0.333. The average Bonchev–Trinajstić information content (AvgIpc) is 2.96. The summed E-state index contributed by atoms with van der Waals surface area (Å²) in [6.45, 7) is 7.74. The lowest BCUT2D eigenvalue weighted by Crippen LogP contribution is -2.19. The van der Waals surface area contributed by atoms with Gasteiger partial charge in [-0.15, -0.1) is 0 Å². The molecule has 2 rings (SSSR count). The number of hydrogen-bond donors (Lipinski definition) is 1. The molecule has 2 heterocycles. The van der Waals surface area contributed by atoms with Gasteiger partial charge in [0, 0.05) is 30.8 Å². The van der Waals surface area contributed by atoms with E-state index < -0.39 is 0 Å². The van der Waals surface area contributed by atoms with Crippen molar-refractivity contribution in [2.24, 2.45) is 5.92 Å². The third kappa shape index (κ3) is 4.48. The van der Waals surface area contributed by atoms with E-state index >= 15 is 0 Å². The van der Waals surface area contributed by atoms with E-state index in [9.17, 15) is 0 Å². The van der Waals surface area contributed by atoms with Crippen molar-refractivity contribution >= 4 is 0 Å². The van der Waals surface area contributed by atoms with Gasteiger partial charge in [-0.05, 0) is 37.9 Å². The molecule has 106 valence electrons. The van der Waals surface area contributed by atoms with Gasteiger partial charge in [0.2, 0.25) is 5.88 Å². The number of hydrogen-bond acceptors (Lipinski definition) is 4. The van der Waals surface area contributed by atoms with Crippen LogP contribution in [0, 0.1) is 5.92 Å². The maximum atomic E-state index is 5.77. The van der Waals surface area contributed by atoms with Crippen molar-refractivity contribution in [3.63, 3.8) is 0 Å². The highest BCUT2D eigenvalue weighted by molar-refractivity contribution is 5.23. The highest BCUT2D eigenvalue weighted by Gasteiger charge is 2.16. The number of nitrogens with zero attached hydrogens (tertiary/aromatic N) is 1. The quantitative estimate of drug-likeness (QED) is 0.822. The molecule has 2 atom stereocenters. The standard InChI is InChI=1S/C15H24N2O2/c1-3-6-16-12(2)14-4-7-17-15(9-14)19-11-13-5-8-18-10-13/h4,7,9,12-13,16H,3,5-6,8,10-11H2,1-2H3. The Labute approximate surface area is 115 Å². The van der Waals surface area contributed by atoms with Crippen molar-refractivity contribution in [3.8, 4) is 5.88 Å². The van der Waals surface area contributed by atoms with Crippen LogP contribution in [-0.2, 0) is 4.74 Å². The lowest BCUT2D eigenvalue weighted by Gasteiger charge is -2.15. The zero-order valence-corrected chi connectivity index (χ0v) is 11.9. The van der Waals surface area contributed by atoms with Gasteiger partial charge in [-0.2, -0.15) is 0 Å². The molecule has 4 nitrogen and oxygen atoms in total. The van der Waals surface area contributed by atoms with Crippen LogP contribution in [0.3, 0.4) is 0 Å². The smallest absolute Gasteiger partial charge is 0.213 e. The van der Waals surface area contributed by atoms with Gasteiger partial charge in [-0.1, -0.05) is 6.92 Å². The molecule has 0 saturated carbocycles. The minimum Gasteiger partial charge on any atom is -0.477 e. The van der Waals surface area contributed by atoms with Gasteiger partial charge in [0.25, 0.3) is 0 Å². The Kier molecular flexibility index (Phi) is 5.61. The average molecular weight is 264 g/mol. The van der Waals surface area contributed by atoms with Gasteiger partial charge in [0.1, 0.15) is 0 Å². The molecule has 1 aliphatic rings. The summed E-state index contributed by atoms with van der Waals surface area (Å²) in [6, 6.07) is 4.40. The van der Waals surface area contributed by atoms with Crippen LogP contribution in [0.1, 0.15) is 38.3 Å². The number of nitrogens with one attached hydrogen (secondary N) is 1. The van der Waals surface area contributed by atoms with Crippen LogP contribution in [0.15, 0.2) is 18.3 Å². The van der Waals surface area contributed by atoms with Gasteiger partial charge in [0.05, 0.1) is 13.2 Å². The Hall–Kier alpha value is -1.13. The van der Waals surface area contributed by atoms with E-state index in [2.05, 4.69) is 24.1 Å². The summed E-state index contributed by atoms with van der Waals surface area (Å²) in [6.07, 6.45) is 4.05. The molecule has 1 aromatic rings. The largest absolute Gasteiger partial charge is 0.477 e. The van der Waals surface area contributed by atoms with Crippen LogP contribution in [-0.4, -0.2) is 31.3 Å². The van der Waals surface area contributed by atoms with Crippen LogP contribution in [0.5, 0.6) is 5.88 Å². The normalized spacial score (nSPS) is 20.4. The van der Waals surface area contributed by atoms with Crippen molar-refractivity contribution in [2.75, 3.05) is 26.4 Å². The number of ether oxygens (including phenoxy) is 2. The molecule has 1 aromatic heterocycles. The van der Waals surface area contributed by atoms with Crippen LogP contribution >= 0.6 is 0 Å². The highest BCUT2D eigenvalue weighted by atomic mass is 16.5. The van der Waals surface area contributed by atoms with Crippen LogP contribution in [0.2, 0.25) is 0 Å². The molecule has 0 aliphatic carbocycles. The van der Waals surface area contributed by atoms with Crippen molar-refractivity contribution in [1.82, 2.24) is 10.3 Å². The molecule has 2 unspecified atom stereocenters. The van der Waals surface area contributed by atoms with Gasteiger partial charge in [-0.3, -0.25) is 0 Å². The second kappa shape index (κ2) is 7.46. The van der Waals surface area contributed by atoms with E-state index in [-0.39, 0.29) is 0 Å². The Morgan fingerprint density at radius 2 is 2.47 bits per heavy atom. The summed E-state index contributed by atoms with van der Waals surface area (Å²) in [5.74, 6) is 1.23. The maximum Gasteiger partial charge on any atom is 0.213 e. The van der Waals surface area contributed by atoms with Gasteiger partial charge < -0.3 is 14.8 Å². The molecule has 1 fully saturated rings. The molecule has 19 heavy (non-hydrogen) atoms. The van der Waals surface area contributed by atoms with Gasteiger partial charge >= 0.3 is 0 Å². The number of aromatic nitrogens is 1.